The summed E-state index contributed by atoms with van der Waals surface area (Å²) in [7, 11) is 0. The molecule has 122 valence electrons. The molecule has 1 amide bonds. The molecule has 0 saturated carbocycles. The Morgan fingerprint density at radius 1 is 1.50 bits per heavy atom. The van der Waals surface area contributed by atoms with E-state index in [0.717, 1.165) is 18.4 Å². The second-order valence-corrected chi connectivity index (χ2v) is 5.79. The van der Waals surface area contributed by atoms with Crippen LogP contribution in [0.4, 0.5) is 5.69 Å². The summed E-state index contributed by atoms with van der Waals surface area (Å²) in [4.78, 5) is 24.9. The molecule has 1 aromatic rings. The third-order valence-corrected chi connectivity index (χ3v) is 4.07. The van der Waals surface area contributed by atoms with Crippen molar-refractivity contribution in [2.24, 2.45) is 11.7 Å². The molecule has 0 radical (unpaired) electrons. The van der Waals surface area contributed by atoms with Crippen molar-refractivity contribution >= 4 is 24.0 Å². The van der Waals surface area contributed by atoms with Gasteiger partial charge in [0.25, 0.3) is 11.6 Å². The van der Waals surface area contributed by atoms with Crippen LogP contribution < -0.4 is 5.73 Å². The van der Waals surface area contributed by atoms with E-state index >= 15 is 0 Å². The maximum Gasteiger partial charge on any atom is 0.282 e. The standard InChI is InChI=1S/C15H21N3O3.ClH/c1-10-5-6-14(18(20)21)13(8-10)15(19)17-7-3-4-12(9-17)11(2)16;/h5-6,8,11-12H,3-4,7,9,16H2,1-2H3;1H. The molecule has 2 rings (SSSR count). The minimum absolute atomic E-state index is 0. The number of hydrogen-bond acceptors (Lipinski definition) is 4. The smallest absolute Gasteiger partial charge is 0.282 e. The number of nitrogens with two attached hydrogens (primary N) is 1. The minimum Gasteiger partial charge on any atom is -0.338 e. The van der Waals surface area contributed by atoms with Gasteiger partial charge in [0.15, 0.2) is 0 Å². The number of nitro benzene ring substituents is 1. The normalized spacial score (nSPS) is 19.2. The molecule has 1 aliphatic heterocycles. The van der Waals surface area contributed by atoms with Gasteiger partial charge in [-0.15, -0.1) is 12.4 Å². The van der Waals surface area contributed by atoms with Crippen molar-refractivity contribution in [1.29, 1.82) is 0 Å². The van der Waals surface area contributed by atoms with Gasteiger partial charge in [0.2, 0.25) is 0 Å². The Hall–Kier alpha value is -1.66. The van der Waals surface area contributed by atoms with E-state index in [-0.39, 0.29) is 41.5 Å². The largest absolute Gasteiger partial charge is 0.338 e. The summed E-state index contributed by atoms with van der Waals surface area (Å²) in [6.45, 7) is 4.96. The van der Waals surface area contributed by atoms with Crippen molar-refractivity contribution < 1.29 is 9.72 Å². The topological polar surface area (TPSA) is 89.5 Å². The van der Waals surface area contributed by atoms with Crippen molar-refractivity contribution in [2.75, 3.05) is 13.1 Å². The van der Waals surface area contributed by atoms with E-state index in [0.29, 0.717) is 13.1 Å². The average Bonchev–Trinajstić information content (AvgIpc) is 2.46. The van der Waals surface area contributed by atoms with Crippen LogP contribution in [-0.4, -0.2) is 34.9 Å². The van der Waals surface area contributed by atoms with Gasteiger partial charge in [0, 0.05) is 25.2 Å². The number of halogens is 1. The molecule has 2 N–H and O–H groups in total. The average molecular weight is 328 g/mol. The van der Waals surface area contributed by atoms with Crippen LogP contribution in [0.5, 0.6) is 0 Å². The van der Waals surface area contributed by atoms with Crippen LogP contribution in [0.3, 0.4) is 0 Å². The fourth-order valence-corrected chi connectivity index (χ4v) is 2.77. The lowest BCUT2D eigenvalue weighted by Crippen LogP contribution is -2.45. The first-order valence-electron chi connectivity index (χ1n) is 7.20. The van der Waals surface area contributed by atoms with Crippen molar-refractivity contribution in [3.05, 3.63) is 39.4 Å². The van der Waals surface area contributed by atoms with E-state index in [4.69, 9.17) is 5.73 Å². The van der Waals surface area contributed by atoms with Crippen molar-refractivity contribution in [3.63, 3.8) is 0 Å². The number of carbonyl (C=O) groups is 1. The Morgan fingerprint density at radius 3 is 2.77 bits per heavy atom. The van der Waals surface area contributed by atoms with E-state index in [1.807, 2.05) is 13.8 Å². The highest BCUT2D eigenvalue weighted by atomic mass is 35.5. The molecule has 7 heteroatoms. The maximum absolute atomic E-state index is 12.6. The number of piperidine rings is 1. The van der Waals surface area contributed by atoms with Gasteiger partial charge in [-0.25, -0.2) is 0 Å². The number of aryl methyl sites for hydroxylation is 1. The molecule has 0 aromatic heterocycles. The number of likely N-dealkylation sites (tertiary alicyclic amines) is 1. The lowest BCUT2D eigenvalue weighted by molar-refractivity contribution is -0.385. The predicted molar refractivity (Wildman–Crippen MR) is 87.4 cm³/mol. The van der Waals surface area contributed by atoms with Gasteiger partial charge in [-0.1, -0.05) is 6.07 Å². The molecule has 0 aliphatic carbocycles. The van der Waals surface area contributed by atoms with Gasteiger partial charge in [0.1, 0.15) is 5.56 Å². The number of benzene rings is 1. The van der Waals surface area contributed by atoms with Gasteiger partial charge in [0.05, 0.1) is 4.92 Å². The molecule has 2 atom stereocenters. The summed E-state index contributed by atoms with van der Waals surface area (Å²) in [5, 5.41) is 11.1. The number of carbonyl (C=O) groups excluding carboxylic acids is 1. The second kappa shape index (κ2) is 7.56. The maximum atomic E-state index is 12.6. The van der Waals surface area contributed by atoms with Gasteiger partial charge in [-0.2, -0.15) is 0 Å². The fraction of sp³-hybridized carbons (Fsp3) is 0.533. The number of amides is 1. The summed E-state index contributed by atoms with van der Waals surface area (Å²) in [5.41, 5.74) is 6.80. The highest BCUT2D eigenvalue weighted by molar-refractivity contribution is 5.98. The van der Waals surface area contributed by atoms with E-state index in [1.165, 1.54) is 6.07 Å². The fourth-order valence-electron chi connectivity index (χ4n) is 2.77. The molecular formula is C15H22ClN3O3. The Labute approximate surface area is 136 Å². The lowest BCUT2D eigenvalue weighted by atomic mass is 9.91. The van der Waals surface area contributed by atoms with Crippen LogP contribution in [0, 0.1) is 23.0 Å². The predicted octanol–water partition coefficient (Wildman–Crippen LogP) is 2.52. The molecule has 2 unspecified atom stereocenters. The molecule has 22 heavy (non-hydrogen) atoms. The zero-order valence-corrected chi connectivity index (χ0v) is 13.6. The summed E-state index contributed by atoms with van der Waals surface area (Å²) >= 11 is 0. The van der Waals surface area contributed by atoms with Crippen LogP contribution in [0.25, 0.3) is 0 Å². The Morgan fingerprint density at radius 2 is 2.18 bits per heavy atom. The Kier molecular flexibility index (Phi) is 6.32. The van der Waals surface area contributed by atoms with E-state index in [2.05, 4.69) is 0 Å². The highest BCUT2D eigenvalue weighted by Crippen LogP contribution is 2.25. The van der Waals surface area contributed by atoms with Gasteiger partial charge >= 0.3 is 0 Å². The third-order valence-electron chi connectivity index (χ3n) is 4.07. The van der Waals surface area contributed by atoms with Crippen LogP contribution in [-0.2, 0) is 0 Å². The first kappa shape index (κ1) is 18.4. The first-order valence-corrected chi connectivity index (χ1v) is 7.20. The molecular weight excluding hydrogens is 306 g/mol. The van der Waals surface area contributed by atoms with Gasteiger partial charge < -0.3 is 10.6 Å². The molecule has 1 aliphatic rings. The third kappa shape index (κ3) is 3.96. The molecule has 1 saturated heterocycles. The molecule has 1 heterocycles. The Balaban J connectivity index is 0.00000242. The molecule has 0 spiro atoms. The zero-order chi connectivity index (χ0) is 15.6. The summed E-state index contributed by atoms with van der Waals surface area (Å²) in [6, 6.07) is 4.66. The van der Waals surface area contributed by atoms with Gasteiger partial charge in [-0.3, -0.25) is 14.9 Å². The molecule has 0 bridgehead atoms. The SMILES string of the molecule is Cc1ccc([N+](=O)[O-])c(C(=O)N2CCCC(C(C)N)C2)c1.Cl. The highest BCUT2D eigenvalue weighted by Gasteiger charge is 2.30. The number of rotatable bonds is 3. The van der Waals surface area contributed by atoms with Crippen LogP contribution in [0.1, 0.15) is 35.7 Å². The van der Waals surface area contributed by atoms with Crippen molar-refractivity contribution in [1.82, 2.24) is 4.90 Å². The van der Waals surface area contributed by atoms with Crippen molar-refractivity contribution in [2.45, 2.75) is 32.7 Å². The van der Waals surface area contributed by atoms with Crippen LogP contribution >= 0.6 is 12.4 Å². The second-order valence-electron chi connectivity index (χ2n) is 5.79. The van der Waals surface area contributed by atoms with E-state index in [9.17, 15) is 14.9 Å². The van der Waals surface area contributed by atoms with Crippen LogP contribution in [0.2, 0.25) is 0 Å². The summed E-state index contributed by atoms with van der Waals surface area (Å²) in [5.74, 6) is -0.0117. The molecule has 6 nitrogen and oxygen atoms in total. The monoisotopic (exact) mass is 327 g/mol. The van der Waals surface area contributed by atoms with E-state index < -0.39 is 4.92 Å². The van der Waals surface area contributed by atoms with Gasteiger partial charge in [-0.05, 0) is 44.2 Å². The number of nitro groups is 1. The van der Waals surface area contributed by atoms with E-state index in [1.54, 1.807) is 17.0 Å². The number of hydrogen-bond donors (Lipinski definition) is 1. The first-order chi connectivity index (χ1) is 9.90. The quantitative estimate of drug-likeness (QED) is 0.682. The molecule has 1 aromatic carbocycles. The Bertz CT molecular complexity index is 563. The number of nitrogens with zero attached hydrogens (tertiary/aromatic N) is 2. The summed E-state index contributed by atoms with van der Waals surface area (Å²) < 4.78 is 0. The zero-order valence-electron chi connectivity index (χ0n) is 12.8. The lowest BCUT2D eigenvalue weighted by Gasteiger charge is -2.34. The summed E-state index contributed by atoms with van der Waals surface area (Å²) in [6.07, 6.45) is 1.88. The van der Waals surface area contributed by atoms with Crippen LogP contribution in [0.15, 0.2) is 18.2 Å². The van der Waals surface area contributed by atoms with Crippen molar-refractivity contribution in [3.8, 4) is 0 Å². The minimum atomic E-state index is -0.500. The molecule has 1 fully saturated rings.